The Morgan fingerprint density at radius 2 is 1.16 bits per heavy atom. The SMILES string of the molecule is C/C=C\C=C/C1=Cc2c(c(O)c3ccc(-c4cc5ccccc5c5ccccc45)ccc[nH]c4c(O)c(O)c(-c5ccccc5-c5ccccc5)c(O)c4sc3c2O)C1(/C(=C/C=C\C)CC)c1ccccc1.CC. The van der Waals surface area contributed by atoms with Gasteiger partial charge in [0.05, 0.1) is 20.4 Å². The van der Waals surface area contributed by atoms with Crippen molar-refractivity contribution in [2.24, 2.45) is 0 Å². The zero-order valence-electron chi connectivity index (χ0n) is 42.1. The van der Waals surface area contributed by atoms with E-state index < -0.39 is 16.9 Å². The van der Waals surface area contributed by atoms with E-state index in [9.17, 15) is 25.5 Å². The van der Waals surface area contributed by atoms with Crippen LogP contribution < -0.4 is 0 Å². The molecular formula is C67H59NO5S. The zero-order chi connectivity index (χ0) is 51.9. The van der Waals surface area contributed by atoms with Crippen LogP contribution in [0.3, 0.4) is 0 Å². The maximum atomic E-state index is 13.5. The second-order valence-corrected chi connectivity index (χ2v) is 18.7. The second kappa shape index (κ2) is 21.9. The number of benzene rings is 8. The Kier molecular flexibility index (Phi) is 14.9. The molecule has 0 saturated carbocycles. The summed E-state index contributed by atoms with van der Waals surface area (Å²) >= 11 is 0.988. The molecule has 1 heterocycles. The van der Waals surface area contributed by atoms with Crippen LogP contribution in [0.2, 0.25) is 0 Å². The number of allylic oxidation sites excluding steroid dienone is 9. The first-order chi connectivity index (χ1) is 36.2. The van der Waals surface area contributed by atoms with Crippen molar-refractivity contribution in [3.63, 3.8) is 0 Å². The second-order valence-electron chi connectivity index (χ2n) is 17.7. The van der Waals surface area contributed by atoms with Crippen LogP contribution in [0.1, 0.15) is 57.7 Å². The highest BCUT2D eigenvalue weighted by molar-refractivity contribution is 7.25. The number of aromatic nitrogens is 1. The first-order valence-electron chi connectivity index (χ1n) is 25.1. The van der Waals surface area contributed by atoms with Crippen molar-refractivity contribution < 1.29 is 25.5 Å². The Balaban J connectivity index is 0.00000332. The summed E-state index contributed by atoms with van der Waals surface area (Å²) in [5, 5.41) is 68.3. The predicted octanol–water partition coefficient (Wildman–Crippen LogP) is 18.2. The Labute approximate surface area is 436 Å². The molecule has 0 bridgehead atoms. The van der Waals surface area contributed by atoms with E-state index in [1.165, 1.54) is 0 Å². The quantitative estimate of drug-likeness (QED) is 0.0373. The number of nitrogens with one attached hydrogen (secondary N) is 1. The molecule has 74 heavy (non-hydrogen) atoms. The van der Waals surface area contributed by atoms with E-state index in [2.05, 4.69) is 60.4 Å². The lowest BCUT2D eigenvalue weighted by Crippen LogP contribution is -2.30. The molecule has 0 radical (unpaired) electrons. The summed E-state index contributed by atoms with van der Waals surface area (Å²) in [7, 11) is 0. The van der Waals surface area contributed by atoms with Gasteiger partial charge in [-0.25, -0.2) is 0 Å². The van der Waals surface area contributed by atoms with Crippen LogP contribution in [-0.4, -0.2) is 30.5 Å². The van der Waals surface area contributed by atoms with Gasteiger partial charge in [-0.15, -0.1) is 11.3 Å². The molecule has 6 nitrogen and oxygen atoms in total. The molecule has 10 rings (SSSR count). The van der Waals surface area contributed by atoms with Gasteiger partial charge < -0.3 is 30.5 Å². The third-order valence-corrected chi connectivity index (χ3v) is 14.9. The molecule has 1 aliphatic rings. The van der Waals surface area contributed by atoms with Crippen LogP contribution in [0.15, 0.2) is 224 Å². The number of phenols is 5. The maximum Gasteiger partial charge on any atom is 0.183 e. The Morgan fingerprint density at radius 3 is 1.88 bits per heavy atom. The number of phenolic OH excluding ortho intramolecular Hbond substituents is 5. The van der Waals surface area contributed by atoms with Crippen LogP contribution in [0, 0.1) is 0 Å². The molecule has 1 aliphatic carbocycles. The molecular weight excluding hydrogens is 931 g/mol. The highest BCUT2D eigenvalue weighted by Crippen LogP contribution is 2.61. The van der Waals surface area contributed by atoms with E-state index >= 15 is 0 Å². The summed E-state index contributed by atoms with van der Waals surface area (Å²) in [6.07, 6.45) is 18.2. The molecule has 9 aromatic rings. The predicted molar refractivity (Wildman–Crippen MR) is 312 cm³/mol. The molecule has 8 aromatic carbocycles. The summed E-state index contributed by atoms with van der Waals surface area (Å²) in [5.74, 6) is -1.59. The van der Waals surface area contributed by atoms with Gasteiger partial charge in [0.15, 0.2) is 11.5 Å². The van der Waals surface area contributed by atoms with Gasteiger partial charge in [0.25, 0.3) is 0 Å². The Bertz CT molecular complexity index is 3870. The average Bonchev–Trinajstić information content (AvgIpc) is 3.81. The van der Waals surface area contributed by atoms with E-state index in [-0.39, 0.29) is 43.1 Å². The van der Waals surface area contributed by atoms with Gasteiger partial charge in [-0.1, -0.05) is 214 Å². The third kappa shape index (κ3) is 8.75. The fourth-order valence-electron chi connectivity index (χ4n) is 10.5. The van der Waals surface area contributed by atoms with Gasteiger partial charge in [0.2, 0.25) is 0 Å². The number of fused-ring (bicyclic) bond motifs is 6. The molecule has 6 N–H and O–H groups in total. The van der Waals surface area contributed by atoms with Crippen molar-refractivity contribution >= 4 is 59.3 Å². The van der Waals surface area contributed by atoms with Gasteiger partial charge in [0, 0.05) is 22.7 Å². The first kappa shape index (κ1) is 50.2. The number of hydrogen-bond acceptors (Lipinski definition) is 6. The van der Waals surface area contributed by atoms with Crippen molar-refractivity contribution in [1.82, 2.24) is 4.98 Å². The number of H-pyrrole nitrogens is 1. The fourth-order valence-corrected chi connectivity index (χ4v) is 11.6. The van der Waals surface area contributed by atoms with Crippen molar-refractivity contribution in [3.05, 3.63) is 240 Å². The fraction of sp³-hybridized carbons (Fsp3) is 0.104. The summed E-state index contributed by atoms with van der Waals surface area (Å²) in [6, 6.07) is 53.3. The standard InChI is InChI=1S/C65H53NO5S.C2H6/c1-4-7-11-30-46-40-54-56(65(46,44(6-3)27-8-5-2)45-28-14-10-15-29-45)58(67)52-37-36-42(53-39-43-25-16-17-32-48(43)49-33-19-20-34-50(49)53)26-22-38-66-57-62(71)60(69)55(61(70)64(57)72-63(52)59(54)68)51-35-21-18-31-47(51)41-23-12-9-13-24-41;1-2/h4-5,7-40,66-71H,6H2,1-3H3;1-2H3/b7-4-,8-5-,30-11-,37-36?,38-22?,42-26?,44-27+;. The van der Waals surface area contributed by atoms with Crippen LogP contribution in [0.4, 0.5) is 0 Å². The minimum absolute atomic E-state index is 0.0000986. The summed E-state index contributed by atoms with van der Waals surface area (Å²) in [4.78, 5) is 3.20. The number of aromatic hydroxyl groups is 5. The Hall–Kier alpha value is -8.78. The topological polar surface area (TPSA) is 117 Å². The van der Waals surface area contributed by atoms with Crippen molar-refractivity contribution in [2.75, 3.05) is 0 Å². The van der Waals surface area contributed by atoms with Crippen LogP contribution >= 0.6 is 11.3 Å². The number of aromatic amines is 1. The largest absolute Gasteiger partial charge is 0.507 e. The third-order valence-electron chi connectivity index (χ3n) is 13.7. The van der Waals surface area contributed by atoms with Gasteiger partial charge in [-0.3, -0.25) is 0 Å². The van der Waals surface area contributed by atoms with Crippen molar-refractivity contribution in [2.45, 2.75) is 46.5 Å². The summed E-state index contributed by atoms with van der Waals surface area (Å²) < 4.78 is 0.321. The zero-order valence-corrected chi connectivity index (χ0v) is 43.0. The molecule has 0 amide bonds. The molecule has 7 heteroatoms. The van der Waals surface area contributed by atoms with Crippen LogP contribution in [-0.2, 0) is 5.41 Å². The molecule has 1 unspecified atom stereocenters. The van der Waals surface area contributed by atoms with Gasteiger partial charge in [-0.05, 0) is 105 Å². The molecule has 368 valence electrons. The summed E-state index contributed by atoms with van der Waals surface area (Å²) in [5.41, 5.74) is 6.33. The van der Waals surface area contributed by atoms with Crippen LogP contribution in [0.25, 0.3) is 81.3 Å². The van der Waals surface area contributed by atoms with Gasteiger partial charge >= 0.3 is 0 Å². The highest BCUT2D eigenvalue weighted by Gasteiger charge is 2.48. The molecule has 1 aromatic heterocycles. The van der Waals surface area contributed by atoms with Gasteiger partial charge in [-0.2, -0.15) is 0 Å². The van der Waals surface area contributed by atoms with Crippen molar-refractivity contribution in [1.29, 1.82) is 0 Å². The van der Waals surface area contributed by atoms with E-state index in [0.29, 0.717) is 28.7 Å². The molecule has 0 aliphatic heterocycles. The van der Waals surface area contributed by atoms with Crippen molar-refractivity contribution in [3.8, 4) is 62.1 Å². The van der Waals surface area contributed by atoms with E-state index in [1.807, 2.05) is 179 Å². The first-order valence-corrected chi connectivity index (χ1v) is 25.9. The monoisotopic (exact) mass is 989 g/mol. The average molecular weight is 990 g/mol. The molecule has 0 fully saturated rings. The van der Waals surface area contributed by atoms with Gasteiger partial charge in [0.1, 0.15) is 22.8 Å². The lowest BCUT2D eigenvalue weighted by Gasteiger charge is -2.37. The highest BCUT2D eigenvalue weighted by atomic mass is 32.1. The van der Waals surface area contributed by atoms with E-state index in [4.69, 9.17) is 0 Å². The lowest BCUT2D eigenvalue weighted by molar-refractivity contribution is 0.404. The Morgan fingerprint density at radius 1 is 0.541 bits per heavy atom. The smallest absolute Gasteiger partial charge is 0.183 e. The minimum atomic E-state index is -1.07. The number of rotatable bonds is 9. The maximum absolute atomic E-state index is 13.5. The summed E-state index contributed by atoms with van der Waals surface area (Å²) in [6.45, 7) is 10.0. The normalized spacial score (nSPS) is 14.4. The number of hydrogen-bond donors (Lipinski definition) is 6. The molecule has 0 saturated heterocycles. The lowest BCUT2D eigenvalue weighted by atomic mass is 9.65. The van der Waals surface area contributed by atoms with E-state index in [1.54, 1.807) is 18.3 Å². The molecule has 1 atom stereocenters. The van der Waals surface area contributed by atoms with E-state index in [0.717, 1.165) is 66.3 Å². The molecule has 0 spiro atoms. The van der Waals surface area contributed by atoms with Crippen LogP contribution in [0.5, 0.6) is 28.7 Å². The minimum Gasteiger partial charge on any atom is -0.507 e.